The van der Waals surface area contributed by atoms with Gasteiger partial charge in [-0.2, -0.15) is 13.2 Å². The molecule has 2 aromatic rings. The number of anilines is 1. The van der Waals surface area contributed by atoms with Gasteiger partial charge in [0.2, 0.25) is 5.91 Å². The maximum Gasteiger partial charge on any atom is 0.418 e. The fraction of sp³-hybridized carbons (Fsp3) is 0.353. The SMILES string of the molecule is O=C(CN1CCCC1c1cccs1)Nc1ccccc1C(F)(F)F. The highest BCUT2D eigenvalue weighted by Crippen LogP contribution is 2.36. The first kappa shape index (κ1) is 17.0. The Balaban J connectivity index is 1.68. The van der Waals surface area contributed by atoms with E-state index in [9.17, 15) is 18.0 Å². The smallest absolute Gasteiger partial charge is 0.324 e. The van der Waals surface area contributed by atoms with Crippen LogP contribution in [0.15, 0.2) is 41.8 Å². The summed E-state index contributed by atoms with van der Waals surface area (Å²) in [6, 6.07) is 9.22. The quantitative estimate of drug-likeness (QED) is 0.874. The van der Waals surface area contributed by atoms with Crippen molar-refractivity contribution in [1.29, 1.82) is 0 Å². The number of para-hydroxylation sites is 1. The van der Waals surface area contributed by atoms with Crippen molar-refractivity contribution in [3.63, 3.8) is 0 Å². The molecule has 1 atom stereocenters. The zero-order chi connectivity index (χ0) is 17.2. The Morgan fingerprint density at radius 2 is 2.04 bits per heavy atom. The van der Waals surface area contributed by atoms with Gasteiger partial charge >= 0.3 is 6.18 Å². The topological polar surface area (TPSA) is 32.3 Å². The van der Waals surface area contributed by atoms with E-state index < -0.39 is 17.6 Å². The number of benzene rings is 1. The fourth-order valence-electron chi connectivity index (χ4n) is 3.03. The van der Waals surface area contributed by atoms with Crippen LogP contribution in [0.3, 0.4) is 0 Å². The van der Waals surface area contributed by atoms with Crippen LogP contribution in [0.25, 0.3) is 0 Å². The van der Waals surface area contributed by atoms with Crippen LogP contribution in [0, 0.1) is 0 Å². The van der Waals surface area contributed by atoms with E-state index in [0.29, 0.717) is 0 Å². The summed E-state index contributed by atoms with van der Waals surface area (Å²) in [5, 5.41) is 4.40. The van der Waals surface area contributed by atoms with E-state index in [2.05, 4.69) is 5.32 Å². The summed E-state index contributed by atoms with van der Waals surface area (Å²) in [7, 11) is 0. The predicted molar refractivity (Wildman–Crippen MR) is 87.9 cm³/mol. The average molecular weight is 354 g/mol. The molecule has 0 saturated carbocycles. The molecule has 1 unspecified atom stereocenters. The molecule has 0 radical (unpaired) electrons. The van der Waals surface area contributed by atoms with Gasteiger partial charge in [-0.3, -0.25) is 9.69 Å². The lowest BCUT2D eigenvalue weighted by molar-refractivity contribution is -0.137. The molecule has 0 spiro atoms. The van der Waals surface area contributed by atoms with Gasteiger partial charge in [-0.15, -0.1) is 11.3 Å². The number of amides is 1. The van der Waals surface area contributed by atoms with Crippen molar-refractivity contribution in [3.05, 3.63) is 52.2 Å². The summed E-state index contributed by atoms with van der Waals surface area (Å²) in [5.41, 5.74) is -1.02. The lowest BCUT2D eigenvalue weighted by Gasteiger charge is -2.23. The van der Waals surface area contributed by atoms with Crippen LogP contribution in [0.4, 0.5) is 18.9 Å². The standard InChI is InChI=1S/C17H17F3N2OS/c18-17(19,20)12-5-1-2-6-13(12)21-16(23)11-22-9-3-7-14(22)15-8-4-10-24-15/h1-2,4-6,8,10,14H,3,7,9,11H2,(H,21,23). The van der Waals surface area contributed by atoms with Crippen LogP contribution in [0.5, 0.6) is 0 Å². The summed E-state index contributed by atoms with van der Waals surface area (Å²) >= 11 is 1.64. The van der Waals surface area contributed by atoms with Crippen LogP contribution < -0.4 is 5.32 Å². The average Bonchev–Trinajstić information content (AvgIpc) is 3.17. The molecule has 128 valence electrons. The molecule has 2 heterocycles. The lowest BCUT2D eigenvalue weighted by atomic mass is 10.1. The molecule has 24 heavy (non-hydrogen) atoms. The Morgan fingerprint density at radius 3 is 2.75 bits per heavy atom. The number of alkyl halides is 3. The van der Waals surface area contributed by atoms with Crippen molar-refractivity contribution >= 4 is 22.9 Å². The number of rotatable bonds is 4. The zero-order valence-corrected chi connectivity index (χ0v) is 13.7. The number of likely N-dealkylation sites (tertiary alicyclic amines) is 1. The summed E-state index contributed by atoms with van der Waals surface area (Å²) in [6.45, 7) is 0.867. The summed E-state index contributed by atoms with van der Waals surface area (Å²) in [5.74, 6) is -0.421. The fourth-order valence-corrected chi connectivity index (χ4v) is 3.93. The Morgan fingerprint density at radius 1 is 1.25 bits per heavy atom. The highest BCUT2D eigenvalue weighted by Gasteiger charge is 2.34. The highest BCUT2D eigenvalue weighted by molar-refractivity contribution is 7.10. The van der Waals surface area contributed by atoms with Gasteiger partial charge in [-0.05, 0) is 43.0 Å². The molecule has 0 bridgehead atoms. The summed E-state index contributed by atoms with van der Waals surface area (Å²) in [4.78, 5) is 15.5. The maximum atomic E-state index is 13.0. The number of halogens is 3. The number of nitrogens with one attached hydrogen (secondary N) is 1. The zero-order valence-electron chi connectivity index (χ0n) is 12.8. The van der Waals surface area contributed by atoms with E-state index in [4.69, 9.17) is 0 Å². The molecule has 1 amide bonds. The Bertz CT molecular complexity index is 700. The van der Waals surface area contributed by atoms with Gasteiger partial charge in [0.05, 0.1) is 17.8 Å². The van der Waals surface area contributed by atoms with Crippen molar-refractivity contribution in [3.8, 4) is 0 Å². The Hall–Kier alpha value is -1.86. The molecule has 1 aromatic carbocycles. The number of hydrogen-bond acceptors (Lipinski definition) is 3. The van der Waals surface area contributed by atoms with Crippen molar-refractivity contribution in [2.45, 2.75) is 25.1 Å². The number of thiophene rings is 1. The molecule has 1 aliphatic rings. The van der Waals surface area contributed by atoms with E-state index in [1.807, 2.05) is 22.4 Å². The van der Waals surface area contributed by atoms with E-state index in [-0.39, 0.29) is 18.3 Å². The molecule has 1 aromatic heterocycles. The molecule has 3 nitrogen and oxygen atoms in total. The molecule has 7 heteroatoms. The molecular weight excluding hydrogens is 337 g/mol. The Kier molecular flexibility index (Phi) is 4.91. The number of nitrogens with zero attached hydrogens (tertiary/aromatic N) is 1. The normalized spacial score (nSPS) is 18.7. The van der Waals surface area contributed by atoms with Gasteiger partial charge in [-0.25, -0.2) is 0 Å². The van der Waals surface area contributed by atoms with E-state index in [1.54, 1.807) is 11.3 Å². The van der Waals surface area contributed by atoms with Gasteiger partial charge < -0.3 is 5.32 Å². The van der Waals surface area contributed by atoms with Gasteiger partial charge in [0.1, 0.15) is 0 Å². The van der Waals surface area contributed by atoms with Crippen molar-refractivity contribution in [2.75, 3.05) is 18.4 Å². The van der Waals surface area contributed by atoms with Crippen molar-refractivity contribution in [2.24, 2.45) is 0 Å². The van der Waals surface area contributed by atoms with Gasteiger partial charge in [-0.1, -0.05) is 18.2 Å². The van der Waals surface area contributed by atoms with Crippen LogP contribution in [0.2, 0.25) is 0 Å². The van der Waals surface area contributed by atoms with Crippen LogP contribution in [0.1, 0.15) is 29.3 Å². The summed E-state index contributed by atoms with van der Waals surface area (Å²) in [6.07, 6.45) is -2.54. The molecule has 1 fully saturated rings. The van der Waals surface area contributed by atoms with Crippen LogP contribution in [-0.4, -0.2) is 23.9 Å². The molecular formula is C17H17F3N2OS. The third-order valence-corrected chi connectivity index (χ3v) is 5.06. The largest absolute Gasteiger partial charge is 0.418 e. The van der Waals surface area contributed by atoms with Crippen LogP contribution >= 0.6 is 11.3 Å². The second kappa shape index (κ2) is 6.94. The molecule has 3 rings (SSSR count). The van der Waals surface area contributed by atoms with Gasteiger partial charge in [0.25, 0.3) is 0 Å². The van der Waals surface area contributed by atoms with Crippen molar-refractivity contribution in [1.82, 2.24) is 4.90 Å². The third kappa shape index (κ3) is 3.79. The maximum absolute atomic E-state index is 13.0. The van der Waals surface area contributed by atoms with Crippen molar-refractivity contribution < 1.29 is 18.0 Å². The number of carbonyl (C=O) groups excluding carboxylic acids is 1. The molecule has 0 aliphatic carbocycles. The van der Waals surface area contributed by atoms with E-state index in [0.717, 1.165) is 25.5 Å². The van der Waals surface area contributed by atoms with Crippen LogP contribution in [-0.2, 0) is 11.0 Å². The first-order valence-corrected chi connectivity index (χ1v) is 8.56. The lowest BCUT2D eigenvalue weighted by Crippen LogP contribution is -2.33. The number of hydrogen-bond donors (Lipinski definition) is 1. The molecule has 1 saturated heterocycles. The van der Waals surface area contributed by atoms with E-state index >= 15 is 0 Å². The van der Waals surface area contributed by atoms with Gasteiger partial charge in [0.15, 0.2) is 0 Å². The summed E-state index contributed by atoms with van der Waals surface area (Å²) < 4.78 is 39.0. The second-order valence-corrected chi connectivity index (χ2v) is 6.71. The first-order valence-electron chi connectivity index (χ1n) is 7.68. The minimum absolute atomic E-state index is 0.0920. The highest BCUT2D eigenvalue weighted by atomic mass is 32.1. The number of carbonyl (C=O) groups is 1. The predicted octanol–water partition coefficient (Wildman–Crippen LogP) is 4.54. The third-order valence-electron chi connectivity index (χ3n) is 4.09. The Labute approximate surface area is 142 Å². The second-order valence-electron chi connectivity index (χ2n) is 5.74. The van der Waals surface area contributed by atoms with E-state index in [1.165, 1.54) is 23.1 Å². The first-order chi connectivity index (χ1) is 11.4. The van der Waals surface area contributed by atoms with Gasteiger partial charge in [0, 0.05) is 10.9 Å². The molecule has 1 aliphatic heterocycles. The minimum atomic E-state index is -4.49. The monoisotopic (exact) mass is 354 g/mol. The molecule has 1 N–H and O–H groups in total. The minimum Gasteiger partial charge on any atom is -0.324 e.